The Morgan fingerprint density at radius 2 is 1.92 bits per heavy atom. The molecule has 12 heavy (non-hydrogen) atoms. The number of hydrogen-bond acceptors (Lipinski definition) is 1. The highest BCUT2D eigenvalue weighted by Crippen LogP contribution is 2.33. The number of rotatable bonds is 3. The summed E-state index contributed by atoms with van der Waals surface area (Å²) in [5.74, 6) is 1.94. The molecule has 1 aliphatic carbocycles. The number of aldehydes is 1. The molecule has 1 heteroatoms. The fraction of sp³-hybridized carbons (Fsp3) is 0.909. The highest BCUT2D eigenvalue weighted by Gasteiger charge is 2.24. The van der Waals surface area contributed by atoms with Gasteiger partial charge in [-0.05, 0) is 31.1 Å². The molecule has 1 aliphatic rings. The van der Waals surface area contributed by atoms with E-state index in [0.717, 1.165) is 12.3 Å². The molecular weight excluding hydrogens is 148 g/mol. The minimum absolute atomic E-state index is 0.345. The fourth-order valence-electron chi connectivity index (χ4n) is 2.25. The van der Waals surface area contributed by atoms with Crippen LogP contribution in [0.3, 0.4) is 0 Å². The third kappa shape index (κ3) is 2.33. The maximum absolute atomic E-state index is 10.7. The van der Waals surface area contributed by atoms with Gasteiger partial charge in [0, 0.05) is 5.92 Å². The lowest BCUT2D eigenvalue weighted by Gasteiger charge is -2.29. The molecule has 0 radical (unpaired) electrons. The number of carbonyl (C=O) groups excluding carboxylic acids is 1. The Morgan fingerprint density at radius 3 is 2.33 bits per heavy atom. The highest BCUT2D eigenvalue weighted by molar-refractivity contribution is 5.53. The van der Waals surface area contributed by atoms with Gasteiger partial charge in [0.05, 0.1) is 0 Å². The van der Waals surface area contributed by atoms with Gasteiger partial charge < -0.3 is 4.79 Å². The van der Waals surface area contributed by atoms with Crippen molar-refractivity contribution in [1.29, 1.82) is 0 Å². The Balaban J connectivity index is 2.37. The summed E-state index contributed by atoms with van der Waals surface area (Å²) in [5.41, 5.74) is 0. The molecule has 70 valence electrons. The van der Waals surface area contributed by atoms with Crippen LogP contribution in [0.4, 0.5) is 0 Å². The number of carbonyl (C=O) groups is 1. The van der Waals surface area contributed by atoms with E-state index in [9.17, 15) is 4.79 Å². The van der Waals surface area contributed by atoms with Crippen molar-refractivity contribution in [3.05, 3.63) is 0 Å². The third-order valence-electron chi connectivity index (χ3n) is 3.31. The first-order valence-electron chi connectivity index (χ1n) is 5.23. The molecule has 0 aromatic heterocycles. The lowest BCUT2D eigenvalue weighted by molar-refractivity contribution is -0.113. The predicted molar refractivity (Wildman–Crippen MR) is 51.0 cm³/mol. The van der Waals surface area contributed by atoms with Gasteiger partial charge in [-0.25, -0.2) is 0 Å². The second kappa shape index (κ2) is 4.64. The van der Waals surface area contributed by atoms with Crippen molar-refractivity contribution >= 4 is 6.29 Å². The average molecular weight is 168 g/mol. The minimum Gasteiger partial charge on any atom is -0.303 e. The first-order valence-corrected chi connectivity index (χ1v) is 5.23. The van der Waals surface area contributed by atoms with Crippen LogP contribution in [-0.4, -0.2) is 6.29 Å². The van der Waals surface area contributed by atoms with Crippen molar-refractivity contribution in [3.8, 4) is 0 Å². The third-order valence-corrected chi connectivity index (χ3v) is 3.31. The van der Waals surface area contributed by atoms with Crippen molar-refractivity contribution in [2.24, 2.45) is 17.8 Å². The largest absolute Gasteiger partial charge is 0.303 e. The zero-order valence-electron chi connectivity index (χ0n) is 8.25. The zero-order chi connectivity index (χ0) is 8.97. The normalized spacial score (nSPS) is 32.8. The highest BCUT2D eigenvalue weighted by atomic mass is 16.1. The Kier molecular flexibility index (Phi) is 3.77. The Hall–Kier alpha value is -0.330. The van der Waals surface area contributed by atoms with E-state index in [0.29, 0.717) is 11.8 Å². The summed E-state index contributed by atoms with van der Waals surface area (Å²) in [4.78, 5) is 10.7. The fourth-order valence-corrected chi connectivity index (χ4v) is 2.25. The Morgan fingerprint density at radius 1 is 1.33 bits per heavy atom. The van der Waals surface area contributed by atoms with E-state index in [1.807, 2.05) is 0 Å². The van der Waals surface area contributed by atoms with Crippen LogP contribution in [0.5, 0.6) is 0 Å². The summed E-state index contributed by atoms with van der Waals surface area (Å²) in [6.45, 7) is 4.44. The minimum atomic E-state index is 0.345. The van der Waals surface area contributed by atoms with E-state index in [2.05, 4.69) is 13.8 Å². The number of hydrogen-bond donors (Lipinski definition) is 0. The molecule has 1 nitrogen and oxygen atoms in total. The summed E-state index contributed by atoms with van der Waals surface area (Å²) in [5, 5.41) is 0. The van der Waals surface area contributed by atoms with Crippen LogP contribution in [0.1, 0.15) is 46.0 Å². The SMILES string of the molecule is CCC(C=O)C1CCC(C)CC1. The van der Waals surface area contributed by atoms with Gasteiger partial charge in [-0.15, -0.1) is 0 Å². The van der Waals surface area contributed by atoms with E-state index in [1.165, 1.54) is 32.0 Å². The van der Waals surface area contributed by atoms with Crippen molar-refractivity contribution < 1.29 is 4.79 Å². The molecule has 1 unspecified atom stereocenters. The van der Waals surface area contributed by atoms with Crippen LogP contribution in [0.25, 0.3) is 0 Å². The van der Waals surface area contributed by atoms with Crippen LogP contribution in [0.15, 0.2) is 0 Å². The van der Waals surface area contributed by atoms with Gasteiger partial charge in [0.2, 0.25) is 0 Å². The zero-order valence-corrected chi connectivity index (χ0v) is 8.25. The molecule has 1 saturated carbocycles. The molecule has 0 bridgehead atoms. The van der Waals surface area contributed by atoms with Crippen LogP contribution >= 0.6 is 0 Å². The summed E-state index contributed by atoms with van der Waals surface area (Å²) < 4.78 is 0. The van der Waals surface area contributed by atoms with Crippen molar-refractivity contribution in [3.63, 3.8) is 0 Å². The van der Waals surface area contributed by atoms with Crippen LogP contribution in [0, 0.1) is 17.8 Å². The summed E-state index contributed by atoms with van der Waals surface area (Å²) >= 11 is 0. The molecule has 0 spiro atoms. The summed E-state index contributed by atoms with van der Waals surface area (Å²) in [6.07, 6.45) is 7.41. The monoisotopic (exact) mass is 168 g/mol. The quantitative estimate of drug-likeness (QED) is 0.592. The van der Waals surface area contributed by atoms with Crippen molar-refractivity contribution in [1.82, 2.24) is 0 Å². The second-order valence-electron chi connectivity index (χ2n) is 4.23. The van der Waals surface area contributed by atoms with Gasteiger partial charge in [0.15, 0.2) is 0 Å². The molecule has 0 aliphatic heterocycles. The van der Waals surface area contributed by atoms with E-state index in [1.54, 1.807) is 0 Å². The van der Waals surface area contributed by atoms with Gasteiger partial charge in [-0.2, -0.15) is 0 Å². The van der Waals surface area contributed by atoms with Crippen LogP contribution in [-0.2, 0) is 4.79 Å². The molecule has 0 saturated heterocycles. The smallest absolute Gasteiger partial charge is 0.123 e. The molecule has 0 amide bonds. The molecule has 0 aromatic rings. The second-order valence-corrected chi connectivity index (χ2v) is 4.23. The molecular formula is C11H20O. The molecule has 1 atom stereocenters. The lowest BCUT2D eigenvalue weighted by Crippen LogP contribution is -2.21. The molecule has 0 N–H and O–H groups in total. The molecule has 0 heterocycles. The van der Waals surface area contributed by atoms with E-state index in [4.69, 9.17) is 0 Å². The van der Waals surface area contributed by atoms with Crippen LogP contribution < -0.4 is 0 Å². The van der Waals surface area contributed by atoms with Crippen molar-refractivity contribution in [2.45, 2.75) is 46.0 Å². The van der Waals surface area contributed by atoms with E-state index in [-0.39, 0.29) is 0 Å². The average Bonchev–Trinajstić information content (AvgIpc) is 2.10. The Labute approximate surface area is 75.5 Å². The summed E-state index contributed by atoms with van der Waals surface area (Å²) in [6, 6.07) is 0. The van der Waals surface area contributed by atoms with Gasteiger partial charge in [0.1, 0.15) is 6.29 Å². The molecule has 1 fully saturated rings. The van der Waals surface area contributed by atoms with Gasteiger partial charge in [-0.3, -0.25) is 0 Å². The summed E-state index contributed by atoms with van der Waals surface area (Å²) in [7, 11) is 0. The predicted octanol–water partition coefficient (Wildman–Crippen LogP) is 3.04. The van der Waals surface area contributed by atoms with Crippen LogP contribution in [0.2, 0.25) is 0 Å². The first kappa shape index (κ1) is 9.76. The van der Waals surface area contributed by atoms with E-state index >= 15 is 0 Å². The maximum atomic E-state index is 10.7. The van der Waals surface area contributed by atoms with Crippen molar-refractivity contribution in [2.75, 3.05) is 0 Å². The van der Waals surface area contributed by atoms with E-state index < -0.39 is 0 Å². The lowest BCUT2D eigenvalue weighted by atomic mass is 9.76. The first-order chi connectivity index (χ1) is 5.77. The Bertz CT molecular complexity index is 134. The van der Waals surface area contributed by atoms with Gasteiger partial charge in [-0.1, -0.05) is 26.7 Å². The standard InChI is InChI=1S/C11H20O/c1-3-10(8-12)11-6-4-9(2)5-7-11/h8-11H,3-7H2,1-2H3. The maximum Gasteiger partial charge on any atom is 0.123 e. The molecule has 0 aromatic carbocycles. The van der Waals surface area contributed by atoms with Gasteiger partial charge in [0.25, 0.3) is 0 Å². The van der Waals surface area contributed by atoms with Gasteiger partial charge >= 0.3 is 0 Å². The molecule has 1 rings (SSSR count). The topological polar surface area (TPSA) is 17.1 Å².